The van der Waals surface area contributed by atoms with Crippen LogP contribution in [0.1, 0.15) is 33.1 Å². The van der Waals surface area contributed by atoms with Crippen LogP contribution in [0.2, 0.25) is 0 Å². The summed E-state index contributed by atoms with van der Waals surface area (Å²) in [7, 11) is 1.72. The van der Waals surface area contributed by atoms with Crippen molar-refractivity contribution < 1.29 is 13.9 Å². The normalized spacial score (nSPS) is 12.8. The molecule has 0 spiro atoms. The summed E-state index contributed by atoms with van der Waals surface area (Å²) in [4.78, 5) is 4.50. The van der Waals surface area contributed by atoms with Gasteiger partial charge in [0.1, 0.15) is 6.10 Å². The molecule has 0 radical (unpaired) electrons. The third-order valence-corrected chi connectivity index (χ3v) is 3.33. The van der Waals surface area contributed by atoms with Gasteiger partial charge in [-0.05, 0) is 45.2 Å². The van der Waals surface area contributed by atoms with Crippen molar-refractivity contribution in [2.75, 3.05) is 33.4 Å². The zero-order valence-electron chi connectivity index (χ0n) is 15.0. The number of nitrogens with one attached hydrogen (secondary N) is 2. The molecule has 0 aliphatic carbocycles. The van der Waals surface area contributed by atoms with Crippen LogP contribution >= 0.6 is 0 Å². The number of halogens is 1. The van der Waals surface area contributed by atoms with E-state index in [2.05, 4.69) is 15.6 Å². The first-order valence-electron chi connectivity index (χ1n) is 8.59. The molecule has 0 amide bonds. The number of aliphatic imine (C=N–C) groups is 1. The lowest BCUT2D eigenvalue weighted by Crippen LogP contribution is -2.38. The van der Waals surface area contributed by atoms with E-state index in [0.717, 1.165) is 44.9 Å². The Hall–Kier alpha value is -1.82. The van der Waals surface area contributed by atoms with Gasteiger partial charge in [0.15, 0.2) is 17.5 Å². The number of methoxy groups -OCH3 is 1. The van der Waals surface area contributed by atoms with Crippen molar-refractivity contribution in [3.05, 3.63) is 30.1 Å². The minimum Gasteiger partial charge on any atom is -0.486 e. The van der Waals surface area contributed by atoms with E-state index in [1.54, 1.807) is 25.3 Å². The van der Waals surface area contributed by atoms with E-state index >= 15 is 0 Å². The van der Waals surface area contributed by atoms with Gasteiger partial charge in [0, 0.05) is 26.8 Å². The van der Waals surface area contributed by atoms with Crippen LogP contribution in [0.5, 0.6) is 5.75 Å². The van der Waals surface area contributed by atoms with Crippen LogP contribution in [0.4, 0.5) is 4.39 Å². The number of guanidine groups is 1. The SMILES string of the molecule is CCNC(=NCC(C)Oc1ccccc1F)NCCCCCOC. The molecule has 24 heavy (non-hydrogen) atoms. The van der Waals surface area contributed by atoms with E-state index < -0.39 is 0 Å². The predicted octanol–water partition coefficient (Wildman–Crippen LogP) is 2.96. The van der Waals surface area contributed by atoms with E-state index in [-0.39, 0.29) is 17.7 Å². The molecule has 5 nitrogen and oxygen atoms in total. The molecule has 2 N–H and O–H groups in total. The summed E-state index contributed by atoms with van der Waals surface area (Å²) >= 11 is 0. The summed E-state index contributed by atoms with van der Waals surface area (Å²) in [6, 6.07) is 6.41. The molecule has 0 bridgehead atoms. The molecule has 0 saturated carbocycles. The van der Waals surface area contributed by atoms with Gasteiger partial charge in [-0.15, -0.1) is 0 Å². The number of ether oxygens (including phenoxy) is 2. The maximum Gasteiger partial charge on any atom is 0.191 e. The highest BCUT2D eigenvalue weighted by atomic mass is 19.1. The maximum atomic E-state index is 13.6. The summed E-state index contributed by atoms with van der Waals surface area (Å²) in [5.74, 6) is 0.666. The third-order valence-electron chi connectivity index (χ3n) is 3.33. The molecule has 0 aliphatic heterocycles. The number of rotatable bonds is 11. The lowest BCUT2D eigenvalue weighted by atomic mass is 10.2. The summed E-state index contributed by atoms with van der Waals surface area (Å²) in [5, 5.41) is 6.50. The summed E-state index contributed by atoms with van der Waals surface area (Å²) in [5.41, 5.74) is 0. The number of para-hydroxylation sites is 1. The topological polar surface area (TPSA) is 54.9 Å². The van der Waals surface area contributed by atoms with Crippen molar-refractivity contribution in [2.45, 2.75) is 39.2 Å². The van der Waals surface area contributed by atoms with Crippen molar-refractivity contribution in [3.63, 3.8) is 0 Å². The molecule has 0 aromatic heterocycles. The highest BCUT2D eigenvalue weighted by Crippen LogP contribution is 2.16. The molecule has 1 aromatic rings. The van der Waals surface area contributed by atoms with Crippen LogP contribution < -0.4 is 15.4 Å². The lowest BCUT2D eigenvalue weighted by molar-refractivity contribution is 0.192. The maximum absolute atomic E-state index is 13.6. The Morgan fingerprint density at radius 3 is 2.71 bits per heavy atom. The van der Waals surface area contributed by atoms with Gasteiger partial charge in [0.25, 0.3) is 0 Å². The smallest absolute Gasteiger partial charge is 0.191 e. The average molecular weight is 339 g/mol. The second-order valence-corrected chi connectivity index (χ2v) is 5.56. The third kappa shape index (κ3) is 8.72. The number of benzene rings is 1. The molecular formula is C18H30FN3O2. The summed E-state index contributed by atoms with van der Waals surface area (Å²) < 4.78 is 24.2. The summed E-state index contributed by atoms with van der Waals surface area (Å²) in [6.07, 6.45) is 3.04. The van der Waals surface area contributed by atoms with Crippen LogP contribution in [-0.2, 0) is 4.74 Å². The van der Waals surface area contributed by atoms with Gasteiger partial charge < -0.3 is 20.1 Å². The van der Waals surface area contributed by atoms with Gasteiger partial charge in [-0.25, -0.2) is 9.38 Å². The molecule has 1 rings (SSSR count). The van der Waals surface area contributed by atoms with Crippen molar-refractivity contribution in [1.82, 2.24) is 10.6 Å². The molecule has 0 aliphatic rings. The zero-order valence-corrected chi connectivity index (χ0v) is 15.0. The first-order chi connectivity index (χ1) is 11.7. The zero-order chi connectivity index (χ0) is 17.6. The standard InChI is InChI=1S/C18H30FN3O2/c1-4-20-18(21-12-8-5-9-13-23-3)22-14-15(2)24-17-11-7-6-10-16(17)19/h6-7,10-11,15H,4-5,8-9,12-14H2,1-3H3,(H2,20,21,22). The number of nitrogens with zero attached hydrogens (tertiary/aromatic N) is 1. The van der Waals surface area contributed by atoms with E-state index in [4.69, 9.17) is 9.47 Å². The van der Waals surface area contributed by atoms with Gasteiger partial charge in [-0.2, -0.15) is 0 Å². The minimum absolute atomic E-state index is 0.209. The van der Waals surface area contributed by atoms with E-state index in [1.165, 1.54) is 6.07 Å². The minimum atomic E-state index is -0.352. The largest absolute Gasteiger partial charge is 0.486 e. The van der Waals surface area contributed by atoms with Crippen LogP contribution in [0.15, 0.2) is 29.3 Å². The summed E-state index contributed by atoms with van der Waals surface area (Å²) in [6.45, 7) is 6.81. The quantitative estimate of drug-likeness (QED) is 0.370. The van der Waals surface area contributed by atoms with Gasteiger partial charge in [0.05, 0.1) is 6.54 Å². The van der Waals surface area contributed by atoms with Gasteiger partial charge in [0.2, 0.25) is 0 Å². The predicted molar refractivity (Wildman–Crippen MR) is 96.2 cm³/mol. The van der Waals surface area contributed by atoms with E-state index in [1.807, 2.05) is 13.8 Å². The highest BCUT2D eigenvalue weighted by Gasteiger charge is 2.08. The van der Waals surface area contributed by atoms with Crippen LogP contribution in [-0.4, -0.2) is 45.4 Å². The number of unbranched alkanes of at least 4 members (excludes halogenated alkanes) is 2. The van der Waals surface area contributed by atoms with Crippen LogP contribution in [0, 0.1) is 5.82 Å². The first kappa shape index (κ1) is 20.2. The molecule has 136 valence electrons. The van der Waals surface area contributed by atoms with Crippen molar-refractivity contribution in [2.24, 2.45) is 4.99 Å². The van der Waals surface area contributed by atoms with E-state index in [0.29, 0.717) is 6.54 Å². The Morgan fingerprint density at radius 1 is 1.21 bits per heavy atom. The Bertz CT molecular complexity index is 483. The molecule has 0 saturated heterocycles. The Balaban J connectivity index is 2.36. The average Bonchev–Trinajstić information content (AvgIpc) is 2.57. The molecule has 6 heteroatoms. The van der Waals surface area contributed by atoms with Crippen molar-refractivity contribution >= 4 is 5.96 Å². The number of hydrogen-bond acceptors (Lipinski definition) is 3. The van der Waals surface area contributed by atoms with Gasteiger partial charge >= 0.3 is 0 Å². The van der Waals surface area contributed by atoms with Crippen molar-refractivity contribution in [1.29, 1.82) is 0 Å². The number of hydrogen-bond donors (Lipinski definition) is 2. The van der Waals surface area contributed by atoms with E-state index in [9.17, 15) is 4.39 Å². The fourth-order valence-electron chi connectivity index (χ4n) is 2.11. The molecule has 1 aromatic carbocycles. The Labute approximate surface area is 144 Å². The Kier molecular flexibility index (Phi) is 10.6. The second kappa shape index (κ2) is 12.6. The molecule has 1 unspecified atom stereocenters. The van der Waals surface area contributed by atoms with Gasteiger partial charge in [-0.3, -0.25) is 0 Å². The molecule has 0 heterocycles. The van der Waals surface area contributed by atoms with Crippen LogP contribution in [0.3, 0.4) is 0 Å². The van der Waals surface area contributed by atoms with Crippen LogP contribution in [0.25, 0.3) is 0 Å². The molecule has 0 fully saturated rings. The lowest BCUT2D eigenvalue weighted by Gasteiger charge is -2.15. The van der Waals surface area contributed by atoms with Gasteiger partial charge in [-0.1, -0.05) is 12.1 Å². The highest BCUT2D eigenvalue weighted by molar-refractivity contribution is 5.79. The van der Waals surface area contributed by atoms with Crippen molar-refractivity contribution in [3.8, 4) is 5.75 Å². The first-order valence-corrected chi connectivity index (χ1v) is 8.59. The fourth-order valence-corrected chi connectivity index (χ4v) is 2.11. The Morgan fingerprint density at radius 2 is 2.00 bits per heavy atom. The second-order valence-electron chi connectivity index (χ2n) is 5.56. The monoisotopic (exact) mass is 339 g/mol. The molecular weight excluding hydrogens is 309 g/mol. The fraction of sp³-hybridized carbons (Fsp3) is 0.611. The molecule has 1 atom stereocenters.